The first-order valence-corrected chi connectivity index (χ1v) is 6.75. The van der Waals surface area contributed by atoms with Crippen molar-refractivity contribution in [2.75, 3.05) is 10.7 Å². The molecule has 0 bridgehead atoms. The molecular formula is C9H13I2N. The lowest BCUT2D eigenvalue weighted by Crippen LogP contribution is -1.93. The topological polar surface area (TPSA) is 26.0 Å². The van der Waals surface area contributed by atoms with E-state index in [-0.39, 0.29) is 0 Å². The van der Waals surface area contributed by atoms with Crippen LogP contribution < -0.4 is 5.73 Å². The zero-order chi connectivity index (χ0) is 9.72. The van der Waals surface area contributed by atoms with Gasteiger partial charge >= 0.3 is 0 Å². The molecule has 0 saturated heterocycles. The zero-order valence-corrected chi connectivity index (χ0v) is 11.8. The van der Waals surface area contributed by atoms with Gasteiger partial charge in [0.25, 0.3) is 0 Å². The number of hydrogen-bond donors (Lipinski definition) is 1. The molecule has 3 heteroatoms. The van der Waals surface area contributed by atoms with Gasteiger partial charge in [0, 0.05) is 9.26 Å². The Bertz CT molecular complexity index is 236. The molecule has 1 aromatic carbocycles. The summed E-state index contributed by atoms with van der Waals surface area (Å²) in [5, 5.41) is 0. The molecule has 0 atom stereocenters. The number of hydrogen-bond acceptors (Lipinski definition) is 1. The Morgan fingerprint density at radius 2 is 1.42 bits per heavy atom. The van der Waals surface area contributed by atoms with Crippen LogP contribution in [0.15, 0.2) is 12.1 Å². The van der Waals surface area contributed by atoms with Crippen LogP contribution in [-0.4, -0.2) is 4.93 Å². The molecule has 0 amide bonds. The van der Waals surface area contributed by atoms with E-state index < -0.39 is 0 Å². The first-order chi connectivity index (χ1) is 5.61. The molecule has 1 rings (SSSR count). The number of nitrogen functional groups attached to an aromatic ring is 1. The summed E-state index contributed by atoms with van der Waals surface area (Å²) >= 11 is 4.44. The number of halogens is 2. The number of benzene rings is 1. The van der Waals surface area contributed by atoms with Crippen molar-refractivity contribution in [3.05, 3.63) is 26.8 Å². The third-order valence-electron chi connectivity index (χ3n) is 1.56. The van der Waals surface area contributed by atoms with Crippen molar-refractivity contribution in [1.29, 1.82) is 0 Å². The fraction of sp³-hybridized carbons (Fsp3) is 0.333. The maximum absolute atomic E-state index is 5.75. The molecule has 1 nitrogen and oxygen atoms in total. The molecule has 68 valence electrons. The standard InChI is InChI=1S/C8H10IN.CH3I/c1-5-3-7(9)4-6(2)8(5)10;1-2/h3-4H,10H2,1-2H3;1H3. The predicted molar refractivity (Wildman–Crippen MR) is 73.0 cm³/mol. The Hall–Kier alpha value is 0.480. The van der Waals surface area contributed by atoms with E-state index in [9.17, 15) is 0 Å². The van der Waals surface area contributed by atoms with E-state index in [2.05, 4.69) is 57.3 Å². The van der Waals surface area contributed by atoms with Crippen molar-refractivity contribution in [3.63, 3.8) is 0 Å². The first-order valence-electron chi connectivity index (χ1n) is 3.51. The lowest BCUT2D eigenvalue weighted by Gasteiger charge is -2.03. The molecule has 0 aliphatic rings. The maximum atomic E-state index is 5.75. The van der Waals surface area contributed by atoms with E-state index in [1.54, 1.807) is 0 Å². The average molecular weight is 389 g/mol. The monoisotopic (exact) mass is 389 g/mol. The molecule has 0 heterocycles. The number of alkyl halides is 1. The van der Waals surface area contributed by atoms with Gasteiger partial charge in [0.2, 0.25) is 0 Å². The van der Waals surface area contributed by atoms with Crippen LogP contribution in [0.1, 0.15) is 11.1 Å². The maximum Gasteiger partial charge on any atom is 0.0374 e. The highest BCUT2D eigenvalue weighted by Gasteiger charge is 1.97. The fourth-order valence-corrected chi connectivity index (χ4v) is 1.86. The summed E-state index contributed by atoms with van der Waals surface area (Å²) in [6.45, 7) is 4.06. The van der Waals surface area contributed by atoms with Crippen LogP contribution in [0.3, 0.4) is 0 Å². The Kier molecular flexibility index (Phi) is 6.25. The lowest BCUT2D eigenvalue weighted by atomic mass is 10.1. The minimum atomic E-state index is 0.917. The van der Waals surface area contributed by atoms with E-state index in [4.69, 9.17) is 5.73 Å². The van der Waals surface area contributed by atoms with Gasteiger partial charge in [-0.3, -0.25) is 0 Å². The number of rotatable bonds is 0. The molecule has 1 aromatic rings. The minimum absolute atomic E-state index is 0.917. The van der Waals surface area contributed by atoms with Gasteiger partial charge in [-0.2, -0.15) is 0 Å². The summed E-state index contributed by atoms with van der Waals surface area (Å²) in [6.07, 6.45) is 0. The quantitative estimate of drug-likeness (QED) is 0.410. The Morgan fingerprint density at radius 1 is 1.08 bits per heavy atom. The van der Waals surface area contributed by atoms with E-state index in [1.807, 2.05) is 18.8 Å². The van der Waals surface area contributed by atoms with Crippen LogP contribution in [0.25, 0.3) is 0 Å². The Balaban J connectivity index is 0.000000561. The number of anilines is 1. The summed E-state index contributed by atoms with van der Waals surface area (Å²) < 4.78 is 1.25. The van der Waals surface area contributed by atoms with Crippen LogP contribution in [-0.2, 0) is 0 Å². The first kappa shape index (κ1) is 12.5. The molecule has 0 saturated carbocycles. The molecule has 0 spiro atoms. The van der Waals surface area contributed by atoms with Crippen LogP contribution >= 0.6 is 45.2 Å². The summed E-state index contributed by atoms with van der Waals surface area (Å²) in [4.78, 5) is 1.97. The van der Waals surface area contributed by atoms with Crippen molar-refractivity contribution in [1.82, 2.24) is 0 Å². The van der Waals surface area contributed by atoms with Crippen LogP contribution in [0.5, 0.6) is 0 Å². The molecule has 0 fully saturated rings. The van der Waals surface area contributed by atoms with Crippen LogP contribution in [0.2, 0.25) is 0 Å². The van der Waals surface area contributed by atoms with E-state index in [1.165, 1.54) is 14.7 Å². The summed E-state index contributed by atoms with van der Waals surface area (Å²) in [7, 11) is 0. The van der Waals surface area contributed by atoms with Crippen LogP contribution in [0, 0.1) is 17.4 Å². The molecule has 0 aliphatic carbocycles. The van der Waals surface area contributed by atoms with E-state index in [0.717, 1.165) is 5.69 Å². The molecule has 2 N–H and O–H groups in total. The van der Waals surface area contributed by atoms with Gasteiger partial charge in [-0.1, -0.05) is 22.6 Å². The van der Waals surface area contributed by atoms with Crippen molar-refractivity contribution in [3.8, 4) is 0 Å². The Labute approximate surface area is 101 Å². The number of nitrogens with two attached hydrogens (primary N) is 1. The van der Waals surface area contributed by atoms with Crippen LogP contribution in [0.4, 0.5) is 5.69 Å². The van der Waals surface area contributed by atoms with Crippen molar-refractivity contribution < 1.29 is 0 Å². The molecule has 0 aromatic heterocycles. The van der Waals surface area contributed by atoms with E-state index in [0.29, 0.717) is 0 Å². The van der Waals surface area contributed by atoms with E-state index >= 15 is 0 Å². The third kappa shape index (κ3) is 3.47. The van der Waals surface area contributed by atoms with Gasteiger partial charge in [-0.15, -0.1) is 0 Å². The van der Waals surface area contributed by atoms with Gasteiger partial charge in [0.05, 0.1) is 0 Å². The van der Waals surface area contributed by atoms with Crippen molar-refractivity contribution >= 4 is 50.9 Å². The predicted octanol–water partition coefficient (Wildman–Crippen LogP) is 3.54. The lowest BCUT2D eigenvalue weighted by molar-refractivity contribution is 1.37. The third-order valence-corrected chi connectivity index (χ3v) is 2.18. The van der Waals surface area contributed by atoms with Crippen molar-refractivity contribution in [2.24, 2.45) is 0 Å². The second-order valence-corrected chi connectivity index (χ2v) is 3.70. The largest absolute Gasteiger partial charge is 0.398 e. The average Bonchev–Trinajstić information content (AvgIpc) is 2.04. The van der Waals surface area contributed by atoms with Gasteiger partial charge in [-0.25, -0.2) is 0 Å². The molecular weight excluding hydrogens is 376 g/mol. The second-order valence-electron chi connectivity index (χ2n) is 2.45. The summed E-state index contributed by atoms with van der Waals surface area (Å²) in [6, 6.07) is 4.17. The second kappa shape index (κ2) is 6.01. The van der Waals surface area contributed by atoms with Gasteiger partial charge in [-0.05, 0) is 64.6 Å². The highest BCUT2D eigenvalue weighted by atomic mass is 127. The van der Waals surface area contributed by atoms with Gasteiger partial charge in [0.1, 0.15) is 0 Å². The molecule has 0 radical (unpaired) electrons. The fourth-order valence-electron chi connectivity index (χ4n) is 0.922. The van der Waals surface area contributed by atoms with Gasteiger partial charge in [0.15, 0.2) is 0 Å². The zero-order valence-electron chi connectivity index (χ0n) is 7.49. The minimum Gasteiger partial charge on any atom is -0.398 e. The normalized spacial score (nSPS) is 8.75. The van der Waals surface area contributed by atoms with Gasteiger partial charge < -0.3 is 5.73 Å². The Morgan fingerprint density at radius 3 is 1.75 bits per heavy atom. The molecule has 0 unspecified atom stereocenters. The van der Waals surface area contributed by atoms with Crippen molar-refractivity contribution in [2.45, 2.75) is 13.8 Å². The highest BCUT2D eigenvalue weighted by molar-refractivity contribution is 14.1. The number of aryl methyl sites for hydroxylation is 2. The molecule has 0 aliphatic heterocycles. The summed E-state index contributed by atoms with van der Waals surface area (Å²) in [5.41, 5.74) is 9.01. The smallest absolute Gasteiger partial charge is 0.0374 e. The molecule has 12 heavy (non-hydrogen) atoms. The summed E-state index contributed by atoms with van der Waals surface area (Å²) in [5.74, 6) is 0. The SMILES string of the molecule is CI.Cc1cc(I)cc(C)c1N. The highest BCUT2D eigenvalue weighted by Crippen LogP contribution is 2.19.